The molecule has 0 radical (unpaired) electrons. The van der Waals surface area contributed by atoms with Crippen molar-refractivity contribution in [2.45, 2.75) is 24.8 Å². The largest absolute Gasteiger partial charge is 0.455 e. The molecule has 0 unspecified atom stereocenters. The minimum atomic E-state index is -5.87. The standard InChI is InChI=1S/C15H8F8N4O/c16-13(17,15(21,22)23)7-26-6-8(5-24-26)10-11(14(18,19)20)25-9-3-1-2-4-27(9)12(10)28/h1-6H,7H2. The summed E-state index contributed by atoms with van der Waals surface area (Å²) >= 11 is 0. The van der Waals surface area contributed by atoms with Gasteiger partial charge in [-0.3, -0.25) is 13.9 Å². The summed E-state index contributed by atoms with van der Waals surface area (Å²) in [6, 6.07) is 3.84. The van der Waals surface area contributed by atoms with Crippen LogP contribution in [-0.2, 0) is 12.7 Å². The summed E-state index contributed by atoms with van der Waals surface area (Å²) in [5.41, 5.74) is -4.72. The predicted molar refractivity (Wildman–Crippen MR) is 78.7 cm³/mol. The molecular formula is C15H8F8N4O. The van der Waals surface area contributed by atoms with Crippen molar-refractivity contribution >= 4 is 5.65 Å². The van der Waals surface area contributed by atoms with Crippen molar-refractivity contribution in [1.29, 1.82) is 0 Å². The van der Waals surface area contributed by atoms with E-state index in [2.05, 4.69) is 10.1 Å². The molecule has 0 aromatic carbocycles. The van der Waals surface area contributed by atoms with Crippen LogP contribution >= 0.6 is 0 Å². The Morgan fingerprint density at radius 1 is 1.00 bits per heavy atom. The van der Waals surface area contributed by atoms with Crippen molar-refractivity contribution in [1.82, 2.24) is 19.2 Å². The Labute approximate surface area is 149 Å². The molecule has 13 heteroatoms. The number of alkyl halides is 8. The first-order valence-corrected chi connectivity index (χ1v) is 7.37. The fraction of sp³-hybridized carbons (Fsp3) is 0.267. The number of aromatic nitrogens is 4. The number of rotatable bonds is 3. The predicted octanol–water partition coefficient (Wildman–Crippen LogP) is 3.77. The third-order valence-corrected chi connectivity index (χ3v) is 3.70. The quantitative estimate of drug-likeness (QED) is 0.616. The van der Waals surface area contributed by atoms with Crippen LogP contribution in [-0.4, -0.2) is 31.3 Å². The lowest BCUT2D eigenvalue weighted by Crippen LogP contribution is -2.40. The molecule has 0 saturated heterocycles. The molecule has 5 nitrogen and oxygen atoms in total. The maximum absolute atomic E-state index is 13.4. The van der Waals surface area contributed by atoms with Gasteiger partial charge in [0, 0.05) is 18.0 Å². The number of hydrogen-bond acceptors (Lipinski definition) is 3. The second-order valence-electron chi connectivity index (χ2n) is 5.70. The average molecular weight is 412 g/mol. The van der Waals surface area contributed by atoms with E-state index in [0.29, 0.717) is 12.4 Å². The van der Waals surface area contributed by atoms with Gasteiger partial charge >= 0.3 is 18.3 Å². The number of hydrogen-bond donors (Lipinski definition) is 0. The summed E-state index contributed by atoms with van der Waals surface area (Å²) < 4.78 is 104. The van der Waals surface area contributed by atoms with Gasteiger partial charge < -0.3 is 0 Å². The van der Waals surface area contributed by atoms with Gasteiger partial charge in [0.1, 0.15) is 12.2 Å². The molecule has 3 rings (SSSR count). The van der Waals surface area contributed by atoms with E-state index in [0.717, 1.165) is 16.7 Å². The summed E-state index contributed by atoms with van der Waals surface area (Å²) in [7, 11) is 0. The first-order chi connectivity index (χ1) is 12.8. The summed E-state index contributed by atoms with van der Waals surface area (Å²) in [5.74, 6) is -5.17. The van der Waals surface area contributed by atoms with E-state index >= 15 is 0 Å². The minimum absolute atomic E-state index is 0.113. The van der Waals surface area contributed by atoms with Gasteiger partial charge in [0.15, 0.2) is 5.69 Å². The van der Waals surface area contributed by atoms with E-state index in [1.807, 2.05) is 0 Å². The van der Waals surface area contributed by atoms with Crippen molar-refractivity contribution in [3.8, 4) is 11.1 Å². The van der Waals surface area contributed by atoms with Gasteiger partial charge in [-0.2, -0.15) is 40.2 Å². The van der Waals surface area contributed by atoms with Crippen LogP contribution in [0.15, 0.2) is 41.6 Å². The highest BCUT2D eigenvalue weighted by Gasteiger charge is 2.57. The first-order valence-electron chi connectivity index (χ1n) is 7.37. The number of fused-ring (bicyclic) bond motifs is 1. The normalized spacial score (nSPS) is 13.3. The fourth-order valence-corrected chi connectivity index (χ4v) is 2.43. The average Bonchev–Trinajstić information content (AvgIpc) is 3.00. The number of nitrogens with zero attached hydrogens (tertiary/aromatic N) is 4. The van der Waals surface area contributed by atoms with Gasteiger partial charge in [0.05, 0.1) is 11.8 Å². The van der Waals surface area contributed by atoms with Crippen molar-refractivity contribution in [2.75, 3.05) is 0 Å². The van der Waals surface area contributed by atoms with E-state index in [-0.39, 0.29) is 10.3 Å². The van der Waals surface area contributed by atoms with Crippen LogP contribution in [0.5, 0.6) is 0 Å². The maximum atomic E-state index is 13.4. The van der Waals surface area contributed by atoms with Crippen LogP contribution in [0.4, 0.5) is 35.1 Å². The molecule has 0 saturated carbocycles. The molecule has 3 aromatic rings. The molecule has 0 bridgehead atoms. The van der Waals surface area contributed by atoms with Crippen LogP contribution in [0, 0.1) is 0 Å². The third-order valence-electron chi connectivity index (χ3n) is 3.70. The molecule has 150 valence electrons. The van der Waals surface area contributed by atoms with E-state index in [1.54, 1.807) is 0 Å². The van der Waals surface area contributed by atoms with Crippen molar-refractivity contribution in [3.05, 3.63) is 52.8 Å². The summed E-state index contributed by atoms with van der Waals surface area (Å²) in [5, 5.41) is 3.23. The number of halogens is 8. The maximum Gasteiger partial charge on any atom is 0.455 e. The fourth-order valence-electron chi connectivity index (χ4n) is 2.43. The van der Waals surface area contributed by atoms with E-state index in [4.69, 9.17) is 0 Å². The Bertz CT molecular complexity index is 1080. The second kappa shape index (κ2) is 6.27. The molecule has 0 aliphatic carbocycles. The molecule has 0 amide bonds. The lowest BCUT2D eigenvalue weighted by atomic mass is 10.1. The van der Waals surface area contributed by atoms with Gasteiger partial charge in [0.2, 0.25) is 0 Å². The Hall–Kier alpha value is -2.99. The highest BCUT2D eigenvalue weighted by molar-refractivity contribution is 5.66. The van der Waals surface area contributed by atoms with Crippen molar-refractivity contribution < 1.29 is 35.1 Å². The minimum Gasteiger partial charge on any atom is -0.268 e. The Kier molecular flexibility index (Phi) is 4.43. The van der Waals surface area contributed by atoms with Gasteiger partial charge in [-0.15, -0.1) is 0 Å². The zero-order valence-electron chi connectivity index (χ0n) is 13.4. The molecule has 0 spiro atoms. The summed E-state index contributed by atoms with van der Waals surface area (Å²) in [6.07, 6.45) is -8.73. The Morgan fingerprint density at radius 2 is 1.68 bits per heavy atom. The Balaban J connectivity index is 2.16. The van der Waals surface area contributed by atoms with E-state index < -0.39 is 47.2 Å². The molecule has 0 fully saturated rings. The summed E-state index contributed by atoms with van der Waals surface area (Å²) in [6.45, 7) is -1.96. The lowest BCUT2D eigenvalue weighted by molar-refractivity contribution is -0.287. The first kappa shape index (κ1) is 19.8. The molecule has 3 heterocycles. The highest BCUT2D eigenvalue weighted by Crippen LogP contribution is 2.37. The lowest BCUT2D eigenvalue weighted by Gasteiger charge is -2.19. The van der Waals surface area contributed by atoms with Crippen molar-refractivity contribution in [3.63, 3.8) is 0 Å². The molecule has 3 aromatic heterocycles. The molecule has 28 heavy (non-hydrogen) atoms. The van der Waals surface area contributed by atoms with Crippen LogP contribution in [0.2, 0.25) is 0 Å². The van der Waals surface area contributed by atoms with Gasteiger partial charge in [0.25, 0.3) is 5.56 Å². The number of pyridine rings is 1. The van der Waals surface area contributed by atoms with Crippen LogP contribution < -0.4 is 5.56 Å². The van der Waals surface area contributed by atoms with Crippen LogP contribution in [0.3, 0.4) is 0 Å². The summed E-state index contributed by atoms with van der Waals surface area (Å²) in [4.78, 5) is 15.9. The molecule has 0 atom stereocenters. The van der Waals surface area contributed by atoms with Crippen molar-refractivity contribution in [2.24, 2.45) is 0 Å². The van der Waals surface area contributed by atoms with Crippen LogP contribution in [0.25, 0.3) is 16.8 Å². The SMILES string of the molecule is O=c1c(-c2cnn(CC(F)(F)C(F)(F)F)c2)c(C(F)(F)F)nc2ccccn12. The van der Waals surface area contributed by atoms with E-state index in [1.165, 1.54) is 12.1 Å². The molecule has 0 N–H and O–H groups in total. The Morgan fingerprint density at radius 3 is 2.29 bits per heavy atom. The third kappa shape index (κ3) is 3.43. The zero-order valence-corrected chi connectivity index (χ0v) is 13.4. The molecular weight excluding hydrogens is 404 g/mol. The van der Waals surface area contributed by atoms with Gasteiger partial charge in [-0.05, 0) is 12.1 Å². The smallest absolute Gasteiger partial charge is 0.268 e. The van der Waals surface area contributed by atoms with Crippen LogP contribution in [0.1, 0.15) is 5.69 Å². The molecule has 0 aliphatic rings. The topological polar surface area (TPSA) is 52.2 Å². The zero-order chi connectivity index (χ0) is 20.9. The monoisotopic (exact) mass is 412 g/mol. The highest BCUT2D eigenvalue weighted by atomic mass is 19.4. The van der Waals surface area contributed by atoms with E-state index in [9.17, 15) is 39.9 Å². The van der Waals surface area contributed by atoms with Gasteiger partial charge in [-0.25, -0.2) is 4.98 Å². The second-order valence-corrected chi connectivity index (χ2v) is 5.70. The van der Waals surface area contributed by atoms with Gasteiger partial charge in [-0.1, -0.05) is 6.07 Å². The molecule has 0 aliphatic heterocycles.